The molecule has 0 fully saturated rings. The van der Waals surface area contributed by atoms with Crippen LogP contribution in [0.3, 0.4) is 0 Å². The molecule has 0 aliphatic carbocycles. The molecule has 0 saturated heterocycles. The quantitative estimate of drug-likeness (QED) is 0.774. The van der Waals surface area contributed by atoms with Crippen molar-refractivity contribution in [2.24, 2.45) is 0 Å². The van der Waals surface area contributed by atoms with Crippen molar-refractivity contribution < 1.29 is 17.9 Å². The maximum absolute atomic E-state index is 11.2. The van der Waals surface area contributed by atoms with Gasteiger partial charge in [0.05, 0.1) is 12.9 Å². The lowest BCUT2D eigenvalue weighted by Gasteiger charge is -2.02. The second-order valence-corrected chi connectivity index (χ2v) is 6.52. The summed E-state index contributed by atoms with van der Waals surface area (Å²) in [7, 11) is -1.70. The highest BCUT2D eigenvalue weighted by atomic mass is 32.2. The third kappa shape index (κ3) is 4.31. The normalized spacial score (nSPS) is 11.2. The number of sulfone groups is 1. The van der Waals surface area contributed by atoms with E-state index in [2.05, 4.69) is 15.0 Å². The number of carbonyl (C=O) groups excluding carboxylic acids is 1. The van der Waals surface area contributed by atoms with E-state index >= 15 is 0 Å². The molecule has 0 spiro atoms. The van der Waals surface area contributed by atoms with E-state index in [0.717, 1.165) is 0 Å². The van der Waals surface area contributed by atoms with Gasteiger partial charge in [-0.15, -0.1) is 11.3 Å². The Morgan fingerprint density at radius 1 is 1.59 bits per heavy atom. The maximum Gasteiger partial charge on any atom is 0.357 e. The molecule has 1 N–H and O–H groups in total. The standard InChI is InChI=1S/C9H14N2O4S2/c1-3-17(13,14)5-4-10-9-11-7(6-16-9)8(12)15-2/h6H,3-5H2,1-2H3,(H,10,11). The van der Waals surface area contributed by atoms with Crippen molar-refractivity contribution in [2.75, 3.05) is 30.5 Å². The molecule has 0 aliphatic rings. The van der Waals surface area contributed by atoms with Gasteiger partial charge in [0.25, 0.3) is 0 Å². The number of aromatic nitrogens is 1. The fraction of sp³-hybridized carbons (Fsp3) is 0.556. The Hall–Kier alpha value is -1.15. The molecule has 0 unspecified atom stereocenters. The number of carbonyl (C=O) groups is 1. The molecule has 1 aromatic rings. The topological polar surface area (TPSA) is 85.4 Å². The third-order valence-electron chi connectivity index (χ3n) is 2.03. The molecule has 6 nitrogen and oxygen atoms in total. The fourth-order valence-electron chi connectivity index (χ4n) is 1.01. The first-order chi connectivity index (χ1) is 7.98. The van der Waals surface area contributed by atoms with E-state index in [4.69, 9.17) is 0 Å². The lowest BCUT2D eigenvalue weighted by molar-refractivity contribution is 0.0595. The van der Waals surface area contributed by atoms with Crippen LogP contribution in [0.5, 0.6) is 0 Å². The second-order valence-electron chi connectivity index (χ2n) is 3.19. The molecule has 0 atom stereocenters. The minimum absolute atomic E-state index is 0.0522. The van der Waals surface area contributed by atoms with Crippen LogP contribution >= 0.6 is 11.3 Å². The number of hydrogen-bond acceptors (Lipinski definition) is 7. The van der Waals surface area contributed by atoms with Crippen LogP contribution in [-0.2, 0) is 14.6 Å². The van der Waals surface area contributed by atoms with Gasteiger partial charge in [-0.1, -0.05) is 6.92 Å². The fourth-order valence-corrected chi connectivity index (χ4v) is 2.42. The number of esters is 1. The zero-order valence-corrected chi connectivity index (χ0v) is 11.2. The summed E-state index contributed by atoms with van der Waals surface area (Å²) in [5.74, 6) is -0.327. The smallest absolute Gasteiger partial charge is 0.357 e. The molecular weight excluding hydrogens is 264 g/mol. The van der Waals surface area contributed by atoms with Crippen LogP contribution in [0.2, 0.25) is 0 Å². The molecule has 8 heteroatoms. The Kier molecular flexibility index (Phi) is 4.88. The van der Waals surface area contributed by atoms with E-state index in [-0.39, 0.29) is 23.7 Å². The largest absolute Gasteiger partial charge is 0.464 e. The van der Waals surface area contributed by atoms with E-state index < -0.39 is 15.8 Å². The molecule has 0 radical (unpaired) electrons. The van der Waals surface area contributed by atoms with Crippen LogP contribution in [0.4, 0.5) is 5.13 Å². The summed E-state index contributed by atoms with van der Waals surface area (Å²) >= 11 is 1.23. The molecule has 17 heavy (non-hydrogen) atoms. The highest BCUT2D eigenvalue weighted by molar-refractivity contribution is 7.91. The third-order valence-corrected chi connectivity index (χ3v) is 4.53. The van der Waals surface area contributed by atoms with Gasteiger partial charge in [0.1, 0.15) is 0 Å². The first-order valence-electron chi connectivity index (χ1n) is 4.96. The van der Waals surface area contributed by atoms with E-state index in [1.807, 2.05) is 0 Å². The van der Waals surface area contributed by atoms with Gasteiger partial charge in [-0.2, -0.15) is 0 Å². The number of hydrogen-bond donors (Lipinski definition) is 1. The van der Waals surface area contributed by atoms with Crippen molar-refractivity contribution in [1.82, 2.24) is 4.98 Å². The summed E-state index contributed by atoms with van der Waals surface area (Å²) in [6.45, 7) is 1.89. The molecule has 0 aromatic carbocycles. The number of ether oxygens (including phenoxy) is 1. The zero-order chi connectivity index (χ0) is 12.9. The Balaban J connectivity index is 2.48. The summed E-state index contributed by atoms with van der Waals surface area (Å²) in [6.07, 6.45) is 0. The Labute approximate surface area is 104 Å². The van der Waals surface area contributed by atoms with E-state index in [1.54, 1.807) is 12.3 Å². The van der Waals surface area contributed by atoms with Gasteiger partial charge >= 0.3 is 5.97 Å². The van der Waals surface area contributed by atoms with Crippen molar-refractivity contribution in [3.63, 3.8) is 0 Å². The summed E-state index contributed by atoms with van der Waals surface area (Å²) in [5.41, 5.74) is 0.221. The minimum atomic E-state index is -2.98. The van der Waals surface area contributed by atoms with Crippen molar-refractivity contribution in [2.45, 2.75) is 6.92 Å². The van der Waals surface area contributed by atoms with Crippen LogP contribution in [-0.4, -0.2) is 44.5 Å². The van der Waals surface area contributed by atoms with E-state index in [0.29, 0.717) is 5.13 Å². The van der Waals surface area contributed by atoms with Crippen LogP contribution in [0.15, 0.2) is 5.38 Å². The number of nitrogens with one attached hydrogen (secondary N) is 1. The van der Waals surface area contributed by atoms with Gasteiger partial charge in [0.15, 0.2) is 20.7 Å². The molecule has 0 amide bonds. The summed E-state index contributed by atoms with van der Waals surface area (Å²) in [5, 5.41) is 4.92. The van der Waals surface area contributed by atoms with Crippen molar-refractivity contribution >= 4 is 32.3 Å². The predicted octanol–water partition coefficient (Wildman–Crippen LogP) is 0.776. The van der Waals surface area contributed by atoms with Crippen molar-refractivity contribution in [1.29, 1.82) is 0 Å². The van der Waals surface area contributed by atoms with Crippen LogP contribution < -0.4 is 5.32 Å². The van der Waals surface area contributed by atoms with Crippen LogP contribution in [0.1, 0.15) is 17.4 Å². The van der Waals surface area contributed by atoms with Gasteiger partial charge in [-0.25, -0.2) is 18.2 Å². The summed E-state index contributed by atoms with van der Waals surface area (Å²) in [6, 6.07) is 0. The Morgan fingerprint density at radius 2 is 2.29 bits per heavy atom. The minimum Gasteiger partial charge on any atom is -0.464 e. The average molecular weight is 278 g/mol. The molecule has 1 aromatic heterocycles. The van der Waals surface area contributed by atoms with Gasteiger partial charge in [-0.05, 0) is 0 Å². The lowest BCUT2D eigenvalue weighted by Crippen LogP contribution is -2.17. The number of rotatable bonds is 6. The first-order valence-corrected chi connectivity index (χ1v) is 7.66. The molecule has 0 saturated carbocycles. The number of anilines is 1. The van der Waals surface area contributed by atoms with Gasteiger partial charge < -0.3 is 10.1 Å². The number of methoxy groups -OCH3 is 1. The molecule has 1 heterocycles. The van der Waals surface area contributed by atoms with Gasteiger partial charge in [-0.3, -0.25) is 0 Å². The molecule has 96 valence electrons. The van der Waals surface area contributed by atoms with E-state index in [9.17, 15) is 13.2 Å². The summed E-state index contributed by atoms with van der Waals surface area (Å²) in [4.78, 5) is 15.1. The monoisotopic (exact) mass is 278 g/mol. The van der Waals surface area contributed by atoms with Gasteiger partial charge in [0.2, 0.25) is 0 Å². The zero-order valence-electron chi connectivity index (χ0n) is 9.60. The summed E-state index contributed by atoms with van der Waals surface area (Å²) < 4.78 is 26.9. The van der Waals surface area contributed by atoms with Crippen LogP contribution in [0.25, 0.3) is 0 Å². The van der Waals surface area contributed by atoms with Crippen molar-refractivity contribution in [3.8, 4) is 0 Å². The molecule has 1 rings (SSSR count). The SMILES string of the molecule is CCS(=O)(=O)CCNc1nc(C(=O)OC)cs1. The maximum atomic E-state index is 11.2. The highest BCUT2D eigenvalue weighted by Crippen LogP contribution is 2.15. The second kappa shape index (κ2) is 5.97. The average Bonchev–Trinajstić information content (AvgIpc) is 2.76. The number of nitrogens with zero attached hydrogens (tertiary/aromatic N) is 1. The first kappa shape index (κ1) is 13.9. The predicted molar refractivity (Wildman–Crippen MR) is 66.3 cm³/mol. The Bertz CT molecular complexity index is 481. The van der Waals surface area contributed by atoms with Crippen LogP contribution in [0, 0.1) is 0 Å². The Morgan fingerprint density at radius 3 is 2.88 bits per heavy atom. The molecule has 0 bridgehead atoms. The van der Waals surface area contributed by atoms with Crippen molar-refractivity contribution in [3.05, 3.63) is 11.1 Å². The van der Waals surface area contributed by atoms with E-state index in [1.165, 1.54) is 18.4 Å². The number of thiazole rings is 1. The molecular formula is C9H14N2O4S2. The highest BCUT2D eigenvalue weighted by Gasteiger charge is 2.11. The molecule has 0 aliphatic heterocycles. The lowest BCUT2D eigenvalue weighted by atomic mass is 10.5. The van der Waals surface area contributed by atoms with Gasteiger partial charge in [0, 0.05) is 17.7 Å².